The number of aromatic amines is 1. The molecule has 1 aromatic heterocycles. The lowest BCUT2D eigenvalue weighted by molar-refractivity contribution is -0.135. The van der Waals surface area contributed by atoms with Crippen LogP contribution in [-0.2, 0) is 16.8 Å². The lowest BCUT2D eigenvalue weighted by Gasteiger charge is -2.23. The lowest BCUT2D eigenvalue weighted by Crippen LogP contribution is -2.42. The summed E-state index contributed by atoms with van der Waals surface area (Å²) in [7, 11) is 0. The molecule has 0 saturated carbocycles. The zero-order valence-electron chi connectivity index (χ0n) is 17.9. The molecule has 1 aliphatic heterocycles. The van der Waals surface area contributed by atoms with Gasteiger partial charge in [-0.25, -0.2) is 0 Å². The van der Waals surface area contributed by atoms with Crippen LogP contribution in [0.15, 0.2) is 79.0 Å². The molecule has 0 spiro atoms. The van der Waals surface area contributed by atoms with Crippen molar-refractivity contribution in [3.05, 3.63) is 101 Å². The number of rotatable bonds is 7. The van der Waals surface area contributed by atoms with Gasteiger partial charge in [-0.3, -0.25) is 9.59 Å². The van der Waals surface area contributed by atoms with E-state index in [9.17, 15) is 14.7 Å². The summed E-state index contributed by atoms with van der Waals surface area (Å²) in [6.45, 7) is 0.451. The second kappa shape index (κ2) is 8.50. The smallest absolute Gasteiger partial charge is 0.264 e. The molecule has 0 fully saturated rings. The van der Waals surface area contributed by atoms with Gasteiger partial charge in [0.15, 0.2) is 11.4 Å². The minimum Gasteiger partial charge on any atom is -0.375 e. The quantitative estimate of drug-likeness (QED) is 0.371. The minimum absolute atomic E-state index is 0.307. The first-order valence-electron chi connectivity index (χ1n) is 10.9. The first kappa shape index (κ1) is 21.4. The van der Waals surface area contributed by atoms with E-state index in [0.29, 0.717) is 28.4 Å². The number of ketones is 1. The van der Waals surface area contributed by atoms with Crippen molar-refractivity contribution in [2.24, 2.45) is 0 Å². The number of para-hydroxylation sites is 2. The standard InChI is InChI=1S/C27H23ClN2O3/c28-20-13-11-18(12-14-20)25(31)16-27(33)22-8-2-4-10-24(22)30(26(27)32)15-5-6-19-17-29-23-9-3-1-7-21(19)23/h1-4,7-14,17,29,33H,5-6,15-16H2/t27-/m1/s1. The van der Waals surface area contributed by atoms with Gasteiger partial charge in [0.1, 0.15) is 0 Å². The largest absolute Gasteiger partial charge is 0.375 e. The Kier molecular flexibility index (Phi) is 5.52. The van der Waals surface area contributed by atoms with Crippen LogP contribution < -0.4 is 4.90 Å². The number of hydrogen-bond donors (Lipinski definition) is 2. The van der Waals surface area contributed by atoms with Crippen LogP contribution in [0.5, 0.6) is 0 Å². The van der Waals surface area contributed by atoms with Crippen molar-refractivity contribution in [3.8, 4) is 0 Å². The predicted molar refractivity (Wildman–Crippen MR) is 130 cm³/mol. The molecule has 2 heterocycles. The summed E-state index contributed by atoms with van der Waals surface area (Å²) in [5.41, 5.74) is 1.95. The number of benzene rings is 3. The average Bonchev–Trinajstić information content (AvgIpc) is 3.33. The van der Waals surface area contributed by atoms with Gasteiger partial charge in [-0.2, -0.15) is 0 Å². The van der Waals surface area contributed by atoms with Crippen molar-refractivity contribution in [3.63, 3.8) is 0 Å². The number of aromatic nitrogens is 1. The van der Waals surface area contributed by atoms with E-state index < -0.39 is 11.5 Å². The van der Waals surface area contributed by atoms with Gasteiger partial charge in [0, 0.05) is 39.8 Å². The molecule has 166 valence electrons. The van der Waals surface area contributed by atoms with Crippen molar-refractivity contribution in [2.75, 3.05) is 11.4 Å². The van der Waals surface area contributed by atoms with Crippen molar-refractivity contribution in [1.82, 2.24) is 4.98 Å². The highest BCUT2D eigenvalue weighted by atomic mass is 35.5. The molecule has 0 aliphatic carbocycles. The van der Waals surface area contributed by atoms with Crippen LogP contribution in [0.2, 0.25) is 5.02 Å². The lowest BCUT2D eigenvalue weighted by atomic mass is 9.88. The summed E-state index contributed by atoms with van der Waals surface area (Å²) >= 11 is 5.92. The molecule has 0 bridgehead atoms. The summed E-state index contributed by atoms with van der Waals surface area (Å²) in [4.78, 5) is 31.2. The van der Waals surface area contributed by atoms with Crippen molar-refractivity contribution in [2.45, 2.75) is 24.9 Å². The highest BCUT2D eigenvalue weighted by Gasteiger charge is 2.50. The van der Waals surface area contributed by atoms with Gasteiger partial charge in [-0.15, -0.1) is 0 Å². The molecule has 0 unspecified atom stereocenters. The molecule has 5 nitrogen and oxygen atoms in total. The zero-order chi connectivity index (χ0) is 23.0. The van der Waals surface area contributed by atoms with Gasteiger partial charge in [0.05, 0.1) is 12.1 Å². The molecule has 5 rings (SSSR count). The average molecular weight is 459 g/mol. The fourth-order valence-electron chi connectivity index (χ4n) is 4.64. The summed E-state index contributed by atoms with van der Waals surface area (Å²) in [5.74, 6) is -0.761. The number of nitrogens with one attached hydrogen (secondary N) is 1. The van der Waals surface area contributed by atoms with Crippen LogP contribution in [0.3, 0.4) is 0 Å². The maximum absolute atomic E-state index is 13.4. The third-order valence-electron chi connectivity index (χ3n) is 6.32. The number of Topliss-reactive ketones (excluding diaryl/α,β-unsaturated/α-hetero) is 1. The van der Waals surface area contributed by atoms with Crippen LogP contribution in [0.25, 0.3) is 10.9 Å². The van der Waals surface area contributed by atoms with Crippen molar-refractivity contribution in [1.29, 1.82) is 0 Å². The Bertz CT molecular complexity index is 1350. The summed E-state index contributed by atoms with van der Waals surface area (Å²) in [6.07, 6.45) is 3.20. The van der Waals surface area contributed by atoms with Gasteiger partial charge < -0.3 is 15.0 Å². The Hall–Kier alpha value is -3.41. The normalized spacial score (nSPS) is 17.5. The number of H-pyrrole nitrogens is 1. The Morgan fingerprint density at radius 3 is 2.55 bits per heavy atom. The molecule has 1 amide bonds. The second-order valence-corrected chi connectivity index (χ2v) is 8.84. The number of aliphatic hydroxyl groups is 1. The number of amides is 1. The highest BCUT2D eigenvalue weighted by molar-refractivity contribution is 6.30. The SMILES string of the molecule is O=C(C[C@]1(O)C(=O)N(CCCc2c[nH]c3ccccc23)c2ccccc21)c1ccc(Cl)cc1. The molecule has 4 aromatic rings. The van der Waals surface area contributed by atoms with Gasteiger partial charge in [0.25, 0.3) is 5.91 Å². The molecular weight excluding hydrogens is 436 g/mol. The summed E-state index contributed by atoms with van der Waals surface area (Å²) in [5, 5.41) is 13.1. The molecule has 0 radical (unpaired) electrons. The van der Waals surface area contributed by atoms with Crippen molar-refractivity contribution < 1.29 is 14.7 Å². The van der Waals surface area contributed by atoms with E-state index in [2.05, 4.69) is 11.1 Å². The predicted octanol–water partition coefficient (Wildman–Crippen LogP) is 5.26. The van der Waals surface area contributed by atoms with Gasteiger partial charge >= 0.3 is 0 Å². The Balaban J connectivity index is 1.35. The second-order valence-electron chi connectivity index (χ2n) is 8.40. The number of nitrogens with zero attached hydrogens (tertiary/aromatic N) is 1. The molecule has 6 heteroatoms. The van der Waals surface area contributed by atoms with E-state index in [-0.39, 0.29) is 12.2 Å². The van der Waals surface area contributed by atoms with Gasteiger partial charge in [-0.05, 0) is 54.8 Å². The Morgan fingerprint density at radius 2 is 1.73 bits per heavy atom. The first-order chi connectivity index (χ1) is 16.0. The Morgan fingerprint density at radius 1 is 1.00 bits per heavy atom. The Labute approximate surface area is 196 Å². The van der Waals surface area contributed by atoms with Crippen LogP contribution in [0.4, 0.5) is 5.69 Å². The molecule has 2 N–H and O–H groups in total. The number of carbonyl (C=O) groups excluding carboxylic acids is 2. The maximum atomic E-state index is 13.4. The van der Waals surface area contributed by atoms with E-state index in [0.717, 1.165) is 18.4 Å². The fraction of sp³-hybridized carbons (Fsp3) is 0.185. The maximum Gasteiger partial charge on any atom is 0.264 e. The van der Waals surface area contributed by atoms with Crippen LogP contribution in [0.1, 0.15) is 34.3 Å². The topological polar surface area (TPSA) is 73.4 Å². The zero-order valence-corrected chi connectivity index (χ0v) is 18.7. The third-order valence-corrected chi connectivity index (χ3v) is 6.58. The van der Waals surface area contributed by atoms with Crippen molar-refractivity contribution >= 4 is 39.9 Å². The van der Waals surface area contributed by atoms with Gasteiger partial charge in [-0.1, -0.05) is 48.0 Å². The van der Waals surface area contributed by atoms with Crippen LogP contribution >= 0.6 is 11.6 Å². The van der Waals surface area contributed by atoms with E-state index in [1.807, 2.05) is 36.5 Å². The molecule has 33 heavy (non-hydrogen) atoms. The number of carbonyl (C=O) groups is 2. The van der Waals surface area contributed by atoms with E-state index in [1.54, 1.807) is 41.3 Å². The molecule has 1 atom stereocenters. The fourth-order valence-corrected chi connectivity index (χ4v) is 4.76. The van der Waals surface area contributed by atoms with Gasteiger partial charge in [0.2, 0.25) is 0 Å². The van der Waals surface area contributed by atoms with Crippen LogP contribution in [-0.4, -0.2) is 28.3 Å². The molecule has 3 aromatic carbocycles. The van der Waals surface area contributed by atoms with E-state index in [1.165, 1.54) is 10.9 Å². The van der Waals surface area contributed by atoms with Crippen LogP contribution in [0, 0.1) is 0 Å². The van der Waals surface area contributed by atoms with E-state index in [4.69, 9.17) is 11.6 Å². The first-order valence-corrected chi connectivity index (χ1v) is 11.3. The molecular formula is C27H23ClN2O3. The number of fused-ring (bicyclic) bond motifs is 2. The number of aryl methyl sites for hydroxylation is 1. The number of halogens is 1. The third kappa shape index (κ3) is 3.84. The number of hydrogen-bond acceptors (Lipinski definition) is 3. The van der Waals surface area contributed by atoms with E-state index >= 15 is 0 Å². The molecule has 0 saturated heterocycles. The highest BCUT2D eigenvalue weighted by Crippen LogP contribution is 2.43. The monoisotopic (exact) mass is 458 g/mol. The minimum atomic E-state index is -1.88. The summed E-state index contributed by atoms with van der Waals surface area (Å²) in [6, 6.07) is 21.8. The number of anilines is 1. The summed E-state index contributed by atoms with van der Waals surface area (Å²) < 4.78 is 0. The molecule has 1 aliphatic rings.